The molecule has 0 atom stereocenters. The van der Waals surface area contributed by atoms with Gasteiger partial charge in [-0.3, -0.25) is 0 Å². The molecule has 0 aliphatic heterocycles. The average molecular weight is 377 g/mol. The molecule has 26 heavy (non-hydrogen) atoms. The number of nitrogens with zero attached hydrogens (tertiary/aromatic N) is 1. The van der Waals surface area contributed by atoms with Crippen molar-refractivity contribution in [2.75, 3.05) is 0 Å². The standard InChI is InChI=1S/C18H10F3NO3S/c19-18(20,21)26(23,24)25-17-10-16-14(12-6-2-3-7-13(12)17)9-11-5-1-4-8-15(11)22-16/h1-10H. The molecule has 3 aromatic carbocycles. The van der Waals surface area contributed by atoms with Gasteiger partial charge >= 0.3 is 15.6 Å². The Bertz CT molecular complexity index is 1270. The van der Waals surface area contributed by atoms with Crippen LogP contribution >= 0.6 is 0 Å². The molecule has 0 aliphatic rings. The molecule has 4 nitrogen and oxygen atoms in total. The van der Waals surface area contributed by atoms with Gasteiger partial charge in [0.2, 0.25) is 0 Å². The number of rotatable bonds is 2. The van der Waals surface area contributed by atoms with Crippen LogP contribution in [0.5, 0.6) is 5.75 Å². The highest BCUT2D eigenvalue weighted by Gasteiger charge is 2.48. The molecule has 0 aliphatic carbocycles. The molecule has 8 heteroatoms. The topological polar surface area (TPSA) is 56.3 Å². The number of para-hydroxylation sites is 1. The fourth-order valence-electron chi connectivity index (χ4n) is 2.83. The lowest BCUT2D eigenvalue weighted by molar-refractivity contribution is -0.0499. The normalized spacial score (nSPS) is 12.7. The summed E-state index contributed by atoms with van der Waals surface area (Å²) < 4.78 is 65.4. The number of hydrogen-bond donors (Lipinski definition) is 0. The van der Waals surface area contributed by atoms with Crippen LogP contribution in [0, 0.1) is 0 Å². The molecule has 1 aromatic heterocycles. The van der Waals surface area contributed by atoms with Crippen LogP contribution < -0.4 is 4.18 Å². The van der Waals surface area contributed by atoms with Crippen molar-refractivity contribution in [3.8, 4) is 5.75 Å². The summed E-state index contributed by atoms with van der Waals surface area (Å²) >= 11 is 0. The molecule has 0 amide bonds. The maximum Gasteiger partial charge on any atom is 0.534 e. The van der Waals surface area contributed by atoms with Gasteiger partial charge in [0.25, 0.3) is 0 Å². The van der Waals surface area contributed by atoms with E-state index in [2.05, 4.69) is 9.17 Å². The van der Waals surface area contributed by atoms with Crippen molar-refractivity contribution in [3.63, 3.8) is 0 Å². The van der Waals surface area contributed by atoms with E-state index in [0.29, 0.717) is 21.8 Å². The molecular formula is C18H10F3NO3S. The van der Waals surface area contributed by atoms with Crippen molar-refractivity contribution >= 4 is 42.7 Å². The fraction of sp³-hybridized carbons (Fsp3) is 0.0556. The third kappa shape index (κ3) is 2.62. The monoisotopic (exact) mass is 377 g/mol. The van der Waals surface area contributed by atoms with Crippen LogP contribution in [0.2, 0.25) is 0 Å². The van der Waals surface area contributed by atoms with E-state index in [1.54, 1.807) is 30.3 Å². The molecule has 0 saturated heterocycles. The Morgan fingerprint density at radius 2 is 1.46 bits per heavy atom. The molecule has 0 N–H and O–H groups in total. The lowest BCUT2D eigenvalue weighted by atomic mass is 10.0. The molecule has 0 radical (unpaired) electrons. The Morgan fingerprint density at radius 3 is 2.19 bits per heavy atom. The van der Waals surface area contributed by atoms with E-state index in [-0.39, 0.29) is 5.39 Å². The van der Waals surface area contributed by atoms with E-state index >= 15 is 0 Å². The van der Waals surface area contributed by atoms with Crippen LogP contribution in [0.1, 0.15) is 0 Å². The van der Waals surface area contributed by atoms with Crippen molar-refractivity contribution in [3.05, 3.63) is 60.7 Å². The predicted molar refractivity (Wildman–Crippen MR) is 92.4 cm³/mol. The molecule has 0 spiro atoms. The van der Waals surface area contributed by atoms with E-state index < -0.39 is 21.4 Å². The van der Waals surface area contributed by atoms with Crippen LogP contribution in [0.15, 0.2) is 60.7 Å². The van der Waals surface area contributed by atoms with Crippen molar-refractivity contribution in [1.82, 2.24) is 4.98 Å². The first-order chi connectivity index (χ1) is 12.3. The zero-order chi connectivity index (χ0) is 18.5. The Morgan fingerprint density at radius 1 is 0.808 bits per heavy atom. The Balaban J connectivity index is 2.05. The molecule has 132 valence electrons. The summed E-state index contributed by atoms with van der Waals surface area (Å²) in [7, 11) is -5.78. The molecular weight excluding hydrogens is 367 g/mol. The van der Waals surface area contributed by atoms with Gasteiger partial charge < -0.3 is 4.18 Å². The van der Waals surface area contributed by atoms with Crippen LogP contribution in [-0.4, -0.2) is 18.9 Å². The minimum absolute atomic E-state index is 0.255. The second-order valence-corrected chi connectivity index (χ2v) is 7.19. The Kier molecular flexibility index (Phi) is 3.55. The number of hydrogen-bond acceptors (Lipinski definition) is 4. The van der Waals surface area contributed by atoms with Gasteiger partial charge in [0, 0.05) is 22.2 Å². The molecule has 0 saturated carbocycles. The SMILES string of the molecule is O=S(=O)(Oc1cc2nc3ccccc3cc2c2ccccc12)C(F)(F)F. The van der Waals surface area contributed by atoms with Gasteiger partial charge in [0.1, 0.15) is 0 Å². The third-order valence-corrected chi connectivity index (χ3v) is 4.95. The summed E-state index contributed by atoms with van der Waals surface area (Å²) in [6, 6.07) is 16.8. The van der Waals surface area contributed by atoms with Crippen molar-refractivity contribution in [1.29, 1.82) is 0 Å². The molecule has 1 heterocycles. The van der Waals surface area contributed by atoms with Gasteiger partial charge in [0.05, 0.1) is 11.0 Å². The summed E-state index contributed by atoms with van der Waals surface area (Å²) in [5.41, 5.74) is -4.53. The highest BCUT2D eigenvalue weighted by molar-refractivity contribution is 7.88. The van der Waals surface area contributed by atoms with Gasteiger partial charge in [-0.15, -0.1) is 0 Å². The van der Waals surface area contributed by atoms with E-state index in [4.69, 9.17) is 0 Å². The smallest absolute Gasteiger partial charge is 0.375 e. The first-order valence-corrected chi connectivity index (χ1v) is 8.89. The summed E-state index contributed by atoms with van der Waals surface area (Å²) in [5.74, 6) is -0.409. The van der Waals surface area contributed by atoms with E-state index in [9.17, 15) is 21.6 Å². The van der Waals surface area contributed by atoms with Crippen molar-refractivity contribution in [2.45, 2.75) is 5.51 Å². The zero-order valence-corrected chi connectivity index (χ0v) is 13.8. The van der Waals surface area contributed by atoms with E-state index in [1.807, 2.05) is 18.2 Å². The van der Waals surface area contributed by atoms with Crippen LogP contribution in [0.25, 0.3) is 32.6 Å². The molecule has 0 fully saturated rings. The maximum absolute atomic E-state index is 12.7. The summed E-state index contributed by atoms with van der Waals surface area (Å²) in [4.78, 5) is 4.42. The summed E-state index contributed by atoms with van der Waals surface area (Å²) in [6.07, 6.45) is 0. The number of halogens is 3. The maximum atomic E-state index is 12.7. The Hall–Kier alpha value is -2.87. The molecule has 4 rings (SSSR count). The molecule has 0 unspecified atom stereocenters. The van der Waals surface area contributed by atoms with Gasteiger partial charge in [-0.2, -0.15) is 21.6 Å². The number of benzene rings is 3. The number of pyridine rings is 1. The minimum Gasteiger partial charge on any atom is -0.375 e. The predicted octanol–water partition coefficient (Wildman–Crippen LogP) is 4.77. The van der Waals surface area contributed by atoms with Gasteiger partial charge in [-0.1, -0.05) is 42.5 Å². The molecule has 0 bridgehead atoms. The van der Waals surface area contributed by atoms with Gasteiger partial charge in [0.15, 0.2) is 5.75 Å². The average Bonchev–Trinajstić information content (AvgIpc) is 2.59. The second kappa shape index (κ2) is 5.57. The van der Waals surface area contributed by atoms with Crippen LogP contribution in [-0.2, 0) is 10.1 Å². The Labute approximate surface area is 146 Å². The minimum atomic E-state index is -5.78. The summed E-state index contributed by atoms with van der Waals surface area (Å²) in [6.45, 7) is 0. The quantitative estimate of drug-likeness (QED) is 0.219. The first kappa shape index (κ1) is 16.6. The first-order valence-electron chi connectivity index (χ1n) is 7.48. The lowest BCUT2D eigenvalue weighted by Crippen LogP contribution is -2.28. The zero-order valence-electron chi connectivity index (χ0n) is 13.0. The second-order valence-electron chi connectivity index (χ2n) is 5.65. The lowest BCUT2D eigenvalue weighted by Gasteiger charge is -2.13. The van der Waals surface area contributed by atoms with Crippen LogP contribution in [0.3, 0.4) is 0 Å². The van der Waals surface area contributed by atoms with Gasteiger partial charge in [-0.05, 0) is 17.5 Å². The van der Waals surface area contributed by atoms with Crippen molar-refractivity contribution < 1.29 is 25.8 Å². The number of alkyl halides is 3. The largest absolute Gasteiger partial charge is 0.534 e. The third-order valence-electron chi connectivity index (χ3n) is 3.99. The summed E-state index contributed by atoms with van der Waals surface area (Å²) in [5, 5.41) is 2.36. The highest BCUT2D eigenvalue weighted by Crippen LogP contribution is 2.36. The molecule has 4 aromatic rings. The number of aromatic nitrogens is 1. The highest BCUT2D eigenvalue weighted by atomic mass is 32.2. The van der Waals surface area contributed by atoms with Crippen molar-refractivity contribution in [2.24, 2.45) is 0 Å². The van der Waals surface area contributed by atoms with E-state index in [1.165, 1.54) is 12.1 Å². The fourth-order valence-corrected chi connectivity index (χ4v) is 3.29. The van der Waals surface area contributed by atoms with E-state index in [0.717, 1.165) is 5.39 Å². The van der Waals surface area contributed by atoms with Crippen LogP contribution in [0.4, 0.5) is 13.2 Å². The number of fused-ring (bicyclic) bond motifs is 4. The van der Waals surface area contributed by atoms with Gasteiger partial charge in [-0.25, -0.2) is 4.98 Å².